The van der Waals surface area contributed by atoms with Crippen LogP contribution in [0.1, 0.15) is 202 Å². The first-order valence-corrected chi connectivity index (χ1v) is 23.0. The van der Waals surface area contributed by atoms with Crippen molar-refractivity contribution < 1.29 is 33.3 Å². The first-order chi connectivity index (χ1) is 26.3. The van der Waals surface area contributed by atoms with Crippen LogP contribution in [0, 0.1) is 11.8 Å². The van der Waals surface area contributed by atoms with Crippen LogP contribution in [0.25, 0.3) is 0 Å². The minimum Gasteiger partial charge on any atom is -0.456 e. The molecule has 9 heteroatoms. The summed E-state index contributed by atoms with van der Waals surface area (Å²) < 4.78 is 24.3. The summed E-state index contributed by atoms with van der Waals surface area (Å²) >= 11 is 0. The van der Waals surface area contributed by atoms with Crippen LogP contribution in [0.5, 0.6) is 0 Å². The summed E-state index contributed by atoms with van der Waals surface area (Å²) in [6, 6.07) is 0. The van der Waals surface area contributed by atoms with Gasteiger partial charge >= 0.3 is 18.0 Å². The number of alkyl carbamates (subject to hydrolysis) is 1. The van der Waals surface area contributed by atoms with E-state index in [0.717, 1.165) is 129 Å². The molecule has 2 unspecified atom stereocenters. The first kappa shape index (κ1) is 50.1. The van der Waals surface area contributed by atoms with E-state index in [1.807, 2.05) is 0 Å². The zero-order valence-electron chi connectivity index (χ0n) is 36.1. The quantitative estimate of drug-likeness (QED) is 0.0382. The van der Waals surface area contributed by atoms with Gasteiger partial charge in [0, 0.05) is 6.54 Å². The van der Waals surface area contributed by atoms with Gasteiger partial charge in [0.05, 0.1) is 18.4 Å². The van der Waals surface area contributed by atoms with Gasteiger partial charge in [0.15, 0.2) is 12.2 Å². The number of hydrogen-bond donors (Lipinski definition) is 1. The number of unbranched alkanes of at least 4 members (excludes halogenated alkanes) is 16. The van der Waals surface area contributed by atoms with Gasteiger partial charge in [0.1, 0.15) is 12.7 Å². The topological polar surface area (TPSA) is 103 Å². The highest BCUT2D eigenvalue weighted by Crippen LogP contribution is 2.28. The predicted molar refractivity (Wildman–Crippen MR) is 222 cm³/mol. The molecule has 1 saturated heterocycles. The molecule has 5 atom stereocenters. The molecule has 1 aliphatic rings. The maximum atomic E-state index is 14.0. The Balaban J connectivity index is 3.05. The molecule has 1 heterocycles. The molecule has 318 valence electrons. The van der Waals surface area contributed by atoms with Crippen LogP contribution in [0.15, 0.2) is 0 Å². The zero-order chi connectivity index (χ0) is 39.7. The third-order valence-corrected chi connectivity index (χ3v) is 11.2. The first-order valence-electron chi connectivity index (χ1n) is 23.0. The summed E-state index contributed by atoms with van der Waals surface area (Å²) in [5.74, 6) is -0.850. The van der Waals surface area contributed by atoms with Crippen molar-refractivity contribution in [1.82, 2.24) is 10.2 Å². The van der Waals surface area contributed by atoms with Crippen LogP contribution in [-0.4, -0.2) is 80.6 Å². The molecular weight excluding hydrogens is 681 g/mol. The van der Waals surface area contributed by atoms with Crippen LogP contribution < -0.4 is 5.32 Å². The van der Waals surface area contributed by atoms with Crippen molar-refractivity contribution >= 4 is 18.0 Å². The molecule has 0 spiro atoms. The third-order valence-electron chi connectivity index (χ3n) is 11.2. The van der Waals surface area contributed by atoms with Crippen LogP contribution in [0.4, 0.5) is 4.79 Å². The lowest BCUT2D eigenvalue weighted by Gasteiger charge is -2.27. The summed E-state index contributed by atoms with van der Waals surface area (Å²) in [5.41, 5.74) is 0. The molecule has 0 bridgehead atoms. The Morgan fingerprint density at radius 3 is 1.48 bits per heavy atom. The number of amides is 1. The van der Waals surface area contributed by atoms with E-state index in [1.165, 1.54) is 51.4 Å². The number of rotatable bonds is 36. The molecule has 1 rings (SSSR count). The van der Waals surface area contributed by atoms with Crippen LogP contribution in [0.3, 0.4) is 0 Å². The summed E-state index contributed by atoms with van der Waals surface area (Å²) in [6.45, 7) is 16.5. The Bertz CT molecular complexity index is 914. The highest BCUT2D eigenvalue weighted by molar-refractivity contribution is 5.74. The van der Waals surface area contributed by atoms with Gasteiger partial charge < -0.3 is 29.2 Å². The Morgan fingerprint density at radius 1 is 0.593 bits per heavy atom. The number of ether oxygens (including phenoxy) is 4. The van der Waals surface area contributed by atoms with Crippen LogP contribution in [0.2, 0.25) is 0 Å². The highest BCUT2D eigenvalue weighted by atomic mass is 16.6. The highest BCUT2D eigenvalue weighted by Gasteiger charge is 2.45. The summed E-state index contributed by atoms with van der Waals surface area (Å²) in [6.07, 6.45) is 24.1. The summed E-state index contributed by atoms with van der Waals surface area (Å²) in [4.78, 5) is 42.8. The van der Waals surface area contributed by atoms with Crippen molar-refractivity contribution in [2.24, 2.45) is 11.8 Å². The van der Waals surface area contributed by atoms with E-state index in [0.29, 0.717) is 6.54 Å². The maximum Gasteiger partial charge on any atom is 0.407 e. The fourth-order valence-corrected chi connectivity index (χ4v) is 7.50. The Kier molecular flexibility index (Phi) is 31.9. The van der Waals surface area contributed by atoms with Crippen molar-refractivity contribution in [3.8, 4) is 0 Å². The molecule has 1 aliphatic heterocycles. The Hall–Kier alpha value is -1.87. The van der Waals surface area contributed by atoms with Gasteiger partial charge in [0.2, 0.25) is 0 Å². The van der Waals surface area contributed by atoms with Gasteiger partial charge in [-0.2, -0.15) is 0 Å². The number of nitrogens with one attached hydrogen (secondary N) is 1. The van der Waals surface area contributed by atoms with Gasteiger partial charge in [-0.1, -0.05) is 170 Å². The van der Waals surface area contributed by atoms with Crippen molar-refractivity contribution in [2.45, 2.75) is 220 Å². The maximum absolute atomic E-state index is 14.0. The number of hydrogen-bond acceptors (Lipinski definition) is 8. The number of nitrogens with zero attached hydrogens (tertiary/aromatic N) is 1. The fraction of sp³-hybridized carbons (Fsp3) is 0.933. The molecule has 54 heavy (non-hydrogen) atoms. The van der Waals surface area contributed by atoms with E-state index in [4.69, 9.17) is 18.9 Å². The molecule has 0 radical (unpaired) electrons. The van der Waals surface area contributed by atoms with Crippen LogP contribution >= 0.6 is 0 Å². The van der Waals surface area contributed by atoms with E-state index in [2.05, 4.69) is 51.8 Å². The van der Waals surface area contributed by atoms with Gasteiger partial charge in [-0.05, 0) is 51.7 Å². The van der Waals surface area contributed by atoms with E-state index in [9.17, 15) is 14.4 Å². The predicted octanol–water partition coefficient (Wildman–Crippen LogP) is 11.3. The molecule has 0 saturated carbocycles. The molecular formula is C45H86N2O7. The van der Waals surface area contributed by atoms with E-state index < -0.39 is 24.4 Å². The molecule has 1 fully saturated rings. The average Bonchev–Trinajstić information content (AvgIpc) is 3.54. The number of carbonyl (C=O) groups excluding carboxylic acids is 3. The third kappa shape index (κ3) is 23.9. The number of carbonyl (C=O) groups is 3. The molecule has 0 aliphatic carbocycles. The lowest BCUT2D eigenvalue weighted by Crippen LogP contribution is -2.42. The molecule has 9 nitrogen and oxygen atoms in total. The molecule has 0 aromatic rings. The van der Waals surface area contributed by atoms with Gasteiger partial charge in [0.25, 0.3) is 0 Å². The van der Waals surface area contributed by atoms with Crippen molar-refractivity contribution in [1.29, 1.82) is 0 Å². The Morgan fingerprint density at radius 2 is 1.02 bits per heavy atom. The normalized spacial score (nSPS) is 18.1. The van der Waals surface area contributed by atoms with E-state index >= 15 is 0 Å². The molecule has 0 aromatic heterocycles. The lowest BCUT2D eigenvalue weighted by atomic mass is 9.94. The van der Waals surface area contributed by atoms with Crippen LogP contribution in [-0.2, 0) is 28.5 Å². The second-order valence-electron chi connectivity index (χ2n) is 15.9. The van der Waals surface area contributed by atoms with Gasteiger partial charge in [-0.3, -0.25) is 9.59 Å². The second-order valence-corrected chi connectivity index (χ2v) is 15.9. The summed E-state index contributed by atoms with van der Waals surface area (Å²) in [7, 11) is 0. The van der Waals surface area contributed by atoms with Crippen molar-refractivity contribution in [3.63, 3.8) is 0 Å². The van der Waals surface area contributed by atoms with Crippen molar-refractivity contribution in [3.05, 3.63) is 0 Å². The lowest BCUT2D eigenvalue weighted by molar-refractivity contribution is -0.172. The Labute approximate surface area is 332 Å². The van der Waals surface area contributed by atoms with Crippen molar-refractivity contribution in [2.75, 3.05) is 39.4 Å². The smallest absolute Gasteiger partial charge is 0.407 e. The standard InChI is InChI=1S/C45H86N2O7/c1-7-13-17-21-23-27-32-38(30-25-19-15-9-3)43(48)53-41-37-51-40(36-52-45(50)46-34-29-35-47(11-5)12-6)42(41)54-44(49)39(31-26-20-16-10-4)33-28-24-22-18-14-8-2/h38-42H,7-37H2,1-6H3,(H,46,50)/t38?,39?,40-,41+,42+/m1/s1. The van der Waals surface area contributed by atoms with E-state index in [-0.39, 0.29) is 37.0 Å². The van der Waals surface area contributed by atoms with E-state index in [1.54, 1.807) is 0 Å². The minimum absolute atomic E-state index is 0.0787. The zero-order valence-corrected chi connectivity index (χ0v) is 36.1. The fourth-order valence-electron chi connectivity index (χ4n) is 7.50. The average molecular weight is 767 g/mol. The second kappa shape index (κ2) is 34.4. The molecule has 1 N–H and O–H groups in total. The number of esters is 2. The monoisotopic (exact) mass is 767 g/mol. The summed E-state index contributed by atoms with van der Waals surface area (Å²) in [5, 5.41) is 2.84. The SMILES string of the molecule is CCCCCCCCC(CCCCCC)C(=O)O[C@@H]1[C@@H](OC(=O)C(CCCCCC)CCCCCCCC)CO[C@@H]1COC(=O)NCCCN(CC)CC. The largest absolute Gasteiger partial charge is 0.456 e. The van der Waals surface area contributed by atoms with Gasteiger partial charge in [-0.15, -0.1) is 0 Å². The molecule has 0 aromatic carbocycles. The van der Waals surface area contributed by atoms with Gasteiger partial charge in [-0.25, -0.2) is 4.79 Å². The minimum atomic E-state index is -0.825. The molecule has 1 amide bonds.